The molecule has 0 spiro atoms. The Kier molecular flexibility index (Phi) is 7.87. The van der Waals surface area contributed by atoms with Gasteiger partial charge in [-0.3, -0.25) is 4.79 Å². The predicted molar refractivity (Wildman–Crippen MR) is 110 cm³/mol. The van der Waals surface area contributed by atoms with Crippen LogP contribution in [-0.2, 0) is 4.79 Å². The number of nitrogens with one attached hydrogen (secondary N) is 1. The monoisotopic (exact) mass is 480 g/mol. The number of benzene rings is 2. The number of hydrogen-bond donors (Lipinski definition) is 1. The molecule has 136 valence electrons. The van der Waals surface area contributed by atoms with E-state index in [9.17, 15) is 4.79 Å². The summed E-state index contributed by atoms with van der Waals surface area (Å²) in [6.07, 6.45) is 2.49. The molecule has 0 unspecified atom stereocenters. The number of hydrazone groups is 1. The molecule has 1 amide bonds. The first-order chi connectivity index (χ1) is 12.5. The van der Waals surface area contributed by atoms with E-state index in [1.54, 1.807) is 25.1 Å². The summed E-state index contributed by atoms with van der Waals surface area (Å²) >= 11 is 6.75. The third-order valence-corrected chi connectivity index (χ3v) is 4.22. The molecule has 2 aromatic carbocycles. The molecule has 7 heteroatoms. The van der Waals surface area contributed by atoms with E-state index in [1.165, 1.54) is 6.21 Å². The number of halogens is 2. The second kappa shape index (κ2) is 10.1. The quantitative estimate of drug-likeness (QED) is 0.338. The Morgan fingerprint density at radius 1 is 1.23 bits per heavy atom. The number of amides is 1. The summed E-state index contributed by atoms with van der Waals surface area (Å²) in [5, 5.41) is 3.99. The van der Waals surface area contributed by atoms with Crippen molar-refractivity contribution in [2.24, 2.45) is 5.10 Å². The van der Waals surface area contributed by atoms with Crippen LogP contribution in [0.4, 0.5) is 0 Å². The Balaban J connectivity index is 1.96. The average molecular weight is 482 g/mol. The first-order valence-electron chi connectivity index (χ1n) is 7.78. The van der Waals surface area contributed by atoms with Crippen LogP contribution in [0.15, 0.2) is 69.2 Å². The smallest absolute Gasteiger partial charge is 0.280 e. The van der Waals surface area contributed by atoms with Gasteiger partial charge in [-0.15, -0.1) is 0 Å². The van der Waals surface area contributed by atoms with Crippen LogP contribution in [0.5, 0.6) is 11.5 Å². The van der Waals surface area contributed by atoms with Crippen molar-refractivity contribution >= 4 is 44.0 Å². The van der Waals surface area contributed by atoms with Gasteiger partial charge in [0.2, 0.25) is 0 Å². The molecule has 0 heterocycles. The molecule has 0 saturated carbocycles. The van der Waals surface area contributed by atoms with Crippen LogP contribution < -0.4 is 14.9 Å². The van der Waals surface area contributed by atoms with E-state index < -0.39 is 6.10 Å². The fourth-order valence-corrected chi connectivity index (χ4v) is 2.57. The Morgan fingerprint density at radius 3 is 2.62 bits per heavy atom. The highest BCUT2D eigenvalue weighted by molar-refractivity contribution is 9.10. The molecule has 0 aromatic heterocycles. The van der Waals surface area contributed by atoms with Gasteiger partial charge in [-0.25, -0.2) is 5.43 Å². The maximum atomic E-state index is 12.1. The number of ether oxygens (including phenoxy) is 2. The van der Waals surface area contributed by atoms with Crippen molar-refractivity contribution in [2.75, 3.05) is 6.61 Å². The molecule has 26 heavy (non-hydrogen) atoms. The maximum absolute atomic E-state index is 12.1. The second-order valence-corrected chi connectivity index (χ2v) is 7.06. The third-order valence-electron chi connectivity index (χ3n) is 3.20. The van der Waals surface area contributed by atoms with Crippen molar-refractivity contribution in [1.82, 2.24) is 5.43 Å². The zero-order valence-electron chi connectivity index (χ0n) is 14.1. The fourth-order valence-electron chi connectivity index (χ4n) is 1.93. The van der Waals surface area contributed by atoms with Crippen LogP contribution >= 0.6 is 31.9 Å². The van der Waals surface area contributed by atoms with Crippen LogP contribution in [0.1, 0.15) is 12.5 Å². The SMILES string of the molecule is C=CCOc1ccc(Br)cc1/C=N\NC(=O)[C@H](C)Oc1ccc(Br)cc1. The summed E-state index contributed by atoms with van der Waals surface area (Å²) in [6, 6.07) is 12.8. The highest BCUT2D eigenvalue weighted by Crippen LogP contribution is 2.22. The van der Waals surface area contributed by atoms with E-state index in [2.05, 4.69) is 49.0 Å². The molecule has 2 aromatic rings. The number of carbonyl (C=O) groups excluding carboxylic acids is 1. The Morgan fingerprint density at radius 2 is 1.92 bits per heavy atom. The van der Waals surface area contributed by atoms with Gasteiger partial charge >= 0.3 is 0 Å². The number of nitrogens with zero attached hydrogens (tertiary/aromatic N) is 1. The van der Waals surface area contributed by atoms with Gasteiger partial charge in [0.05, 0.1) is 6.21 Å². The second-order valence-electron chi connectivity index (χ2n) is 5.23. The normalized spacial score (nSPS) is 11.8. The van der Waals surface area contributed by atoms with Gasteiger partial charge < -0.3 is 9.47 Å². The summed E-state index contributed by atoms with van der Waals surface area (Å²) in [5.41, 5.74) is 3.20. The zero-order chi connectivity index (χ0) is 18.9. The molecular formula is C19H18Br2N2O3. The number of carbonyl (C=O) groups is 1. The molecule has 1 N–H and O–H groups in total. The van der Waals surface area contributed by atoms with Gasteiger partial charge in [-0.2, -0.15) is 5.10 Å². The summed E-state index contributed by atoms with van der Waals surface area (Å²) in [4.78, 5) is 12.1. The molecule has 0 saturated heterocycles. The predicted octanol–water partition coefficient (Wildman–Crippen LogP) is 4.69. The molecular weight excluding hydrogens is 464 g/mol. The first kappa shape index (κ1) is 20.2. The van der Waals surface area contributed by atoms with Crippen LogP contribution in [0, 0.1) is 0 Å². The molecule has 0 radical (unpaired) electrons. The Labute approximate surface area is 169 Å². The lowest BCUT2D eigenvalue weighted by molar-refractivity contribution is -0.127. The van der Waals surface area contributed by atoms with E-state index in [0.717, 1.165) is 14.5 Å². The molecule has 0 aliphatic heterocycles. The largest absolute Gasteiger partial charge is 0.489 e. The fraction of sp³-hybridized carbons (Fsp3) is 0.158. The summed E-state index contributed by atoms with van der Waals surface area (Å²) in [6.45, 7) is 5.66. The lowest BCUT2D eigenvalue weighted by Gasteiger charge is -2.13. The van der Waals surface area contributed by atoms with E-state index in [-0.39, 0.29) is 5.91 Å². The van der Waals surface area contributed by atoms with E-state index in [4.69, 9.17) is 9.47 Å². The number of rotatable bonds is 8. The summed E-state index contributed by atoms with van der Waals surface area (Å²) in [7, 11) is 0. The van der Waals surface area contributed by atoms with Crippen molar-refractivity contribution in [1.29, 1.82) is 0 Å². The highest BCUT2D eigenvalue weighted by atomic mass is 79.9. The minimum atomic E-state index is -0.688. The van der Waals surface area contributed by atoms with Gasteiger partial charge in [-0.1, -0.05) is 44.5 Å². The molecule has 5 nitrogen and oxygen atoms in total. The van der Waals surface area contributed by atoms with Crippen molar-refractivity contribution in [3.05, 3.63) is 69.6 Å². The van der Waals surface area contributed by atoms with Crippen molar-refractivity contribution in [3.8, 4) is 11.5 Å². The van der Waals surface area contributed by atoms with E-state index >= 15 is 0 Å². The minimum absolute atomic E-state index is 0.354. The van der Waals surface area contributed by atoms with Crippen LogP contribution in [0.3, 0.4) is 0 Å². The van der Waals surface area contributed by atoms with Crippen LogP contribution in [0.2, 0.25) is 0 Å². The molecule has 2 rings (SSSR count). The van der Waals surface area contributed by atoms with Gasteiger partial charge in [0.25, 0.3) is 5.91 Å². The third kappa shape index (κ3) is 6.31. The molecule has 0 aliphatic carbocycles. The number of hydrogen-bond acceptors (Lipinski definition) is 4. The van der Waals surface area contributed by atoms with Gasteiger partial charge in [-0.05, 0) is 49.4 Å². The first-order valence-corrected chi connectivity index (χ1v) is 9.36. The van der Waals surface area contributed by atoms with E-state index in [1.807, 2.05) is 30.3 Å². The molecule has 1 atom stereocenters. The zero-order valence-corrected chi connectivity index (χ0v) is 17.3. The lowest BCUT2D eigenvalue weighted by Crippen LogP contribution is -2.33. The van der Waals surface area contributed by atoms with Crippen molar-refractivity contribution < 1.29 is 14.3 Å². The lowest BCUT2D eigenvalue weighted by atomic mass is 10.2. The standard InChI is InChI=1S/C19H18Br2N2O3/c1-3-10-25-18-9-6-16(21)11-14(18)12-22-23-19(24)13(2)26-17-7-4-15(20)5-8-17/h3-9,11-13H,1,10H2,2H3,(H,23,24)/b22-12-/t13-/m0/s1. The minimum Gasteiger partial charge on any atom is -0.489 e. The van der Waals surface area contributed by atoms with Gasteiger partial charge in [0, 0.05) is 14.5 Å². The van der Waals surface area contributed by atoms with E-state index in [0.29, 0.717) is 18.1 Å². The average Bonchev–Trinajstić information content (AvgIpc) is 2.62. The van der Waals surface area contributed by atoms with Crippen LogP contribution in [0.25, 0.3) is 0 Å². The summed E-state index contributed by atoms with van der Waals surface area (Å²) < 4.78 is 13.0. The molecule has 0 fully saturated rings. The molecule has 0 aliphatic rings. The topological polar surface area (TPSA) is 59.9 Å². The highest BCUT2D eigenvalue weighted by Gasteiger charge is 2.14. The van der Waals surface area contributed by atoms with Crippen LogP contribution in [-0.4, -0.2) is 24.8 Å². The van der Waals surface area contributed by atoms with Gasteiger partial charge in [0.15, 0.2) is 6.10 Å². The Bertz CT molecular complexity index is 792. The van der Waals surface area contributed by atoms with Crippen molar-refractivity contribution in [2.45, 2.75) is 13.0 Å². The summed E-state index contributed by atoms with van der Waals surface area (Å²) in [5.74, 6) is 0.893. The van der Waals surface area contributed by atoms with Crippen molar-refractivity contribution in [3.63, 3.8) is 0 Å². The Hall–Kier alpha value is -2.12. The maximum Gasteiger partial charge on any atom is 0.280 e. The molecule has 0 bridgehead atoms. The van der Waals surface area contributed by atoms with Gasteiger partial charge in [0.1, 0.15) is 18.1 Å².